The van der Waals surface area contributed by atoms with Crippen LogP contribution in [0.2, 0.25) is 0 Å². The first-order valence-corrected chi connectivity index (χ1v) is 20.2. The molecule has 1 amide bonds. The number of rotatable bonds is 18. The van der Waals surface area contributed by atoms with Gasteiger partial charge in [-0.15, -0.1) is 0 Å². The Labute approximate surface area is 326 Å². The molecule has 0 aromatic heterocycles. The van der Waals surface area contributed by atoms with E-state index < -0.39 is 0 Å². The average Bonchev–Trinajstić information content (AvgIpc) is 3.44. The first-order valence-electron chi connectivity index (χ1n) is 20.2. The summed E-state index contributed by atoms with van der Waals surface area (Å²) in [6, 6.07) is 29.5. The minimum absolute atomic E-state index is 0.0293. The van der Waals surface area contributed by atoms with Crippen molar-refractivity contribution in [2.75, 3.05) is 79.4 Å². The van der Waals surface area contributed by atoms with Crippen molar-refractivity contribution in [2.24, 2.45) is 0 Å². The van der Waals surface area contributed by atoms with E-state index >= 15 is 0 Å². The van der Waals surface area contributed by atoms with Gasteiger partial charge in [-0.2, -0.15) is 0 Å². The third-order valence-electron chi connectivity index (χ3n) is 11.5. The zero-order valence-corrected chi connectivity index (χ0v) is 32.3. The third kappa shape index (κ3) is 10.1. The molecule has 0 spiro atoms. The lowest BCUT2D eigenvalue weighted by atomic mass is 9.69. The summed E-state index contributed by atoms with van der Waals surface area (Å²) in [5.41, 5.74) is 8.05. The molecule has 3 aliphatic rings. The predicted molar refractivity (Wildman–Crippen MR) is 216 cm³/mol. The van der Waals surface area contributed by atoms with Crippen LogP contribution >= 0.6 is 0 Å². The van der Waals surface area contributed by atoms with Gasteiger partial charge in [0.25, 0.3) is 5.91 Å². The Morgan fingerprint density at radius 2 is 1.58 bits per heavy atom. The number of aryl methyl sites for hydroxylation is 1. The van der Waals surface area contributed by atoms with Crippen LogP contribution in [-0.4, -0.2) is 100 Å². The van der Waals surface area contributed by atoms with Crippen LogP contribution < -0.4 is 14.8 Å². The Bertz CT molecular complexity index is 1830. The Balaban J connectivity index is 0.851. The summed E-state index contributed by atoms with van der Waals surface area (Å²) in [7, 11) is 1.66. The number of nitrogens with one attached hydrogen (secondary N) is 1. The molecule has 292 valence electrons. The molecule has 4 aromatic carbocycles. The van der Waals surface area contributed by atoms with Crippen LogP contribution in [0.25, 0.3) is 0 Å². The molecular formula is C46H57N3O6. The number of hydrogen-bond acceptors (Lipinski definition) is 8. The number of unbranched alkanes of at least 4 members (excludes halogenated alkanes) is 1. The van der Waals surface area contributed by atoms with Gasteiger partial charge in [0, 0.05) is 50.3 Å². The number of fused-ring (bicyclic) bond motifs is 2. The molecule has 55 heavy (non-hydrogen) atoms. The van der Waals surface area contributed by atoms with E-state index in [0.717, 1.165) is 100 Å². The van der Waals surface area contributed by atoms with Gasteiger partial charge in [0.05, 0.1) is 26.4 Å². The van der Waals surface area contributed by atoms with Crippen LogP contribution in [0.3, 0.4) is 0 Å². The van der Waals surface area contributed by atoms with Crippen molar-refractivity contribution in [3.63, 3.8) is 0 Å². The van der Waals surface area contributed by atoms with E-state index in [1.807, 2.05) is 18.2 Å². The van der Waals surface area contributed by atoms with Crippen LogP contribution in [0, 0.1) is 0 Å². The summed E-state index contributed by atoms with van der Waals surface area (Å²) in [5.74, 6) is 2.70. The minimum atomic E-state index is -0.0293. The number of nitrogens with zero attached hydrogens (tertiary/aromatic N) is 2. The van der Waals surface area contributed by atoms with Crippen molar-refractivity contribution in [2.45, 2.75) is 56.9 Å². The Hall–Kier alpha value is -4.41. The lowest BCUT2D eigenvalue weighted by Gasteiger charge is -2.34. The number of carbonyl (C=O) groups excluding carboxylic acids is 1. The van der Waals surface area contributed by atoms with Crippen molar-refractivity contribution in [3.05, 3.63) is 124 Å². The van der Waals surface area contributed by atoms with Gasteiger partial charge in [-0.25, -0.2) is 0 Å². The normalized spacial score (nSPS) is 18.7. The van der Waals surface area contributed by atoms with Gasteiger partial charge in [-0.1, -0.05) is 54.6 Å². The van der Waals surface area contributed by atoms with Crippen molar-refractivity contribution in [1.82, 2.24) is 15.1 Å². The number of methoxy groups -OCH3 is 1. The number of phenolic OH excluding ortho intramolecular Hbond substituents is 1. The van der Waals surface area contributed by atoms with Gasteiger partial charge >= 0.3 is 0 Å². The lowest BCUT2D eigenvalue weighted by molar-refractivity contribution is 0.0541. The largest absolute Gasteiger partial charge is 0.508 e. The first-order chi connectivity index (χ1) is 27.1. The standard InChI is InChI=1S/C46H57N3O6/c1-52-28-29-53-30-31-55-45-36(12-18-42-43(45)33-47-46(42)51)20-24-49-23-7-22-48(25-26-49)21-5-6-27-54-39-15-10-35(11-16-39)44-40(34-8-3-2-4-9-34)17-13-37-32-38(50)14-19-41(37)44/h2-4,8-12,14-16,18-19,32,40,44,50H,5-7,13,17,20-31,33H2,1H3,(H,47,51)/t40-,44+/m1/s1. The highest BCUT2D eigenvalue weighted by molar-refractivity contribution is 5.99. The maximum absolute atomic E-state index is 12.3. The molecule has 2 atom stereocenters. The van der Waals surface area contributed by atoms with Gasteiger partial charge in [-0.3, -0.25) is 4.79 Å². The molecular weight excluding hydrogens is 691 g/mol. The Kier molecular flexibility index (Phi) is 13.7. The molecule has 1 fully saturated rings. The maximum atomic E-state index is 12.3. The number of ether oxygens (including phenoxy) is 4. The topological polar surface area (TPSA) is 92.7 Å². The zero-order valence-electron chi connectivity index (χ0n) is 32.3. The second kappa shape index (κ2) is 19.4. The summed E-state index contributed by atoms with van der Waals surface area (Å²) in [4.78, 5) is 17.5. The fourth-order valence-electron chi connectivity index (χ4n) is 8.58. The number of hydrogen-bond donors (Lipinski definition) is 2. The molecule has 2 aliphatic heterocycles. The van der Waals surface area contributed by atoms with Gasteiger partial charge in [-0.05, 0) is 122 Å². The van der Waals surface area contributed by atoms with Crippen LogP contribution in [0.4, 0.5) is 0 Å². The van der Waals surface area contributed by atoms with Crippen molar-refractivity contribution in [3.8, 4) is 17.2 Å². The van der Waals surface area contributed by atoms with E-state index in [9.17, 15) is 9.90 Å². The van der Waals surface area contributed by atoms with E-state index in [2.05, 4.69) is 81.8 Å². The second-order valence-electron chi connectivity index (χ2n) is 15.0. The van der Waals surface area contributed by atoms with Crippen LogP contribution in [0.1, 0.15) is 81.3 Å². The lowest BCUT2D eigenvalue weighted by Crippen LogP contribution is -2.32. The molecule has 0 radical (unpaired) electrons. The summed E-state index contributed by atoms with van der Waals surface area (Å²) in [6.07, 6.45) is 6.20. The first kappa shape index (κ1) is 38.8. The SMILES string of the molecule is COCCOCCOc1c(CCN2CCCN(CCCCOc3ccc([C@@H]4c5ccc(O)cc5CC[C@@H]4c4ccccc4)cc3)CC2)ccc2c1CNC2=O. The molecule has 0 saturated carbocycles. The monoisotopic (exact) mass is 747 g/mol. The summed E-state index contributed by atoms with van der Waals surface area (Å²) in [6.45, 7) is 9.62. The van der Waals surface area contributed by atoms with Crippen LogP contribution in [-0.2, 0) is 28.9 Å². The molecule has 1 aliphatic carbocycles. The number of benzene rings is 4. The predicted octanol–water partition coefficient (Wildman–Crippen LogP) is 6.95. The molecule has 9 nitrogen and oxygen atoms in total. The van der Waals surface area contributed by atoms with Gasteiger partial charge in [0.2, 0.25) is 0 Å². The number of amides is 1. The zero-order chi connectivity index (χ0) is 37.8. The van der Waals surface area contributed by atoms with E-state index in [1.165, 1.54) is 22.3 Å². The van der Waals surface area contributed by atoms with Gasteiger partial charge in [0.1, 0.15) is 23.9 Å². The highest BCUT2D eigenvalue weighted by atomic mass is 16.5. The average molecular weight is 748 g/mol. The fourth-order valence-corrected chi connectivity index (χ4v) is 8.58. The van der Waals surface area contributed by atoms with Crippen molar-refractivity contribution < 1.29 is 28.8 Å². The maximum Gasteiger partial charge on any atom is 0.252 e. The van der Waals surface area contributed by atoms with E-state index in [-0.39, 0.29) is 11.8 Å². The molecule has 0 bridgehead atoms. The van der Waals surface area contributed by atoms with E-state index in [1.54, 1.807) is 7.11 Å². The Morgan fingerprint density at radius 1 is 0.782 bits per heavy atom. The summed E-state index contributed by atoms with van der Waals surface area (Å²) < 4.78 is 23.1. The molecule has 4 aromatic rings. The molecule has 7 rings (SSSR count). The van der Waals surface area contributed by atoms with Crippen molar-refractivity contribution in [1.29, 1.82) is 0 Å². The second-order valence-corrected chi connectivity index (χ2v) is 15.0. The molecule has 2 heterocycles. The highest BCUT2D eigenvalue weighted by Gasteiger charge is 2.32. The number of phenols is 1. The third-order valence-corrected chi connectivity index (χ3v) is 11.5. The molecule has 1 saturated heterocycles. The van der Waals surface area contributed by atoms with Gasteiger partial charge in [0.15, 0.2) is 0 Å². The van der Waals surface area contributed by atoms with E-state index in [4.69, 9.17) is 18.9 Å². The summed E-state index contributed by atoms with van der Waals surface area (Å²) >= 11 is 0. The number of aromatic hydroxyl groups is 1. The smallest absolute Gasteiger partial charge is 0.252 e. The summed E-state index contributed by atoms with van der Waals surface area (Å²) in [5, 5.41) is 13.1. The Morgan fingerprint density at radius 3 is 2.40 bits per heavy atom. The fraction of sp³-hybridized carbons (Fsp3) is 0.457. The highest BCUT2D eigenvalue weighted by Crippen LogP contribution is 2.47. The van der Waals surface area contributed by atoms with Crippen LogP contribution in [0.15, 0.2) is 84.9 Å². The quantitative estimate of drug-likeness (QED) is 0.106. The molecule has 9 heteroatoms. The van der Waals surface area contributed by atoms with Gasteiger partial charge < -0.3 is 39.2 Å². The van der Waals surface area contributed by atoms with E-state index in [0.29, 0.717) is 56.8 Å². The number of carbonyl (C=O) groups is 1. The minimum Gasteiger partial charge on any atom is -0.508 e. The van der Waals surface area contributed by atoms with Crippen molar-refractivity contribution >= 4 is 5.91 Å². The molecule has 2 N–H and O–H groups in total. The van der Waals surface area contributed by atoms with Crippen LogP contribution in [0.5, 0.6) is 17.2 Å². The molecule has 0 unspecified atom stereocenters.